The van der Waals surface area contributed by atoms with E-state index in [1.807, 2.05) is 60.7 Å². The highest BCUT2D eigenvalue weighted by Gasteiger charge is 2.29. The average molecular weight is 351 g/mol. The van der Waals surface area contributed by atoms with Crippen LogP contribution < -0.4 is 10.6 Å². The highest BCUT2D eigenvalue weighted by atomic mass is 31.2. The molecule has 1 aliphatic carbocycles. The summed E-state index contributed by atoms with van der Waals surface area (Å²) in [5.41, 5.74) is 1.20. The van der Waals surface area contributed by atoms with Gasteiger partial charge >= 0.3 is 0 Å². The summed E-state index contributed by atoms with van der Waals surface area (Å²) < 4.78 is 18.8. The van der Waals surface area contributed by atoms with Crippen molar-refractivity contribution in [3.05, 3.63) is 72.8 Å². The van der Waals surface area contributed by atoms with E-state index in [-0.39, 0.29) is 5.41 Å². The van der Waals surface area contributed by atoms with Crippen molar-refractivity contribution < 1.29 is 4.57 Å². The molecule has 0 amide bonds. The van der Waals surface area contributed by atoms with Crippen molar-refractivity contribution in [1.82, 2.24) is 0 Å². The van der Waals surface area contributed by atoms with Gasteiger partial charge in [-0.25, -0.2) is 4.76 Å². The summed E-state index contributed by atoms with van der Waals surface area (Å²) >= 11 is 0. The predicted molar refractivity (Wildman–Crippen MR) is 109 cm³/mol. The molecule has 0 saturated carbocycles. The van der Waals surface area contributed by atoms with Crippen molar-refractivity contribution in [2.45, 2.75) is 33.6 Å². The van der Waals surface area contributed by atoms with Crippen molar-refractivity contribution in [1.29, 1.82) is 0 Å². The minimum absolute atomic E-state index is 0.255. The van der Waals surface area contributed by atoms with E-state index >= 15 is 0 Å². The summed E-state index contributed by atoms with van der Waals surface area (Å²) in [7, 11) is -3.02. The zero-order valence-corrected chi connectivity index (χ0v) is 16.1. The third kappa shape index (κ3) is 4.02. The first-order valence-corrected chi connectivity index (χ1v) is 10.5. The lowest BCUT2D eigenvalue weighted by Gasteiger charge is -2.30. The quantitative estimate of drug-likeness (QED) is 0.684. The first-order valence-electron chi connectivity index (χ1n) is 8.88. The molecule has 0 spiro atoms. The largest absolute Gasteiger partial charge is 0.288 e. The molecule has 0 radical (unpaired) electrons. The molecule has 0 heterocycles. The Hall–Kier alpha value is -1.92. The zero-order chi connectivity index (χ0) is 17.9. The number of hydrogen-bond acceptors (Lipinski definition) is 1. The van der Waals surface area contributed by atoms with Gasteiger partial charge in [-0.2, -0.15) is 0 Å². The Balaban J connectivity index is 2.02. The maximum atomic E-state index is 13.9. The standard InChI is InChI=1S/C22H26NOP/c1-22(2,3)18-14-16-19(17-15-18)23-25(24,20-10-6-4-7-11-20)21-12-8-5-9-13-21/h4-14,16,18H,15,17H2,1-3H3/b23-19+. The van der Waals surface area contributed by atoms with Crippen LogP contribution in [-0.4, -0.2) is 5.71 Å². The molecule has 3 heteroatoms. The molecular formula is C22H26NOP. The molecule has 0 aliphatic heterocycles. The van der Waals surface area contributed by atoms with Crippen LogP contribution >= 0.6 is 7.29 Å². The SMILES string of the molecule is CC(C)(C)C1C=C/C(=N\P(=O)(c2ccccc2)c2ccccc2)CC1. The van der Waals surface area contributed by atoms with Gasteiger partial charge in [-0.15, -0.1) is 0 Å². The second-order valence-electron chi connectivity index (χ2n) is 7.71. The fourth-order valence-electron chi connectivity index (χ4n) is 3.22. The predicted octanol–water partition coefficient (Wildman–Crippen LogP) is 5.37. The summed E-state index contributed by atoms with van der Waals surface area (Å²) in [6, 6.07) is 19.3. The lowest BCUT2D eigenvalue weighted by atomic mass is 9.75. The zero-order valence-electron chi connectivity index (χ0n) is 15.2. The van der Waals surface area contributed by atoms with Crippen LogP contribution in [0, 0.1) is 11.3 Å². The van der Waals surface area contributed by atoms with Gasteiger partial charge in [0, 0.05) is 16.3 Å². The minimum Gasteiger partial charge on any atom is -0.288 e. The van der Waals surface area contributed by atoms with Crippen LogP contribution in [0.5, 0.6) is 0 Å². The molecule has 0 N–H and O–H groups in total. The van der Waals surface area contributed by atoms with E-state index in [2.05, 4.69) is 32.9 Å². The lowest BCUT2D eigenvalue weighted by Crippen LogP contribution is -2.23. The van der Waals surface area contributed by atoms with Crippen LogP contribution in [0.3, 0.4) is 0 Å². The molecule has 2 nitrogen and oxygen atoms in total. The Kier molecular flexibility index (Phi) is 5.11. The smallest absolute Gasteiger partial charge is 0.247 e. The molecule has 1 aliphatic rings. The van der Waals surface area contributed by atoms with E-state index in [9.17, 15) is 4.57 Å². The van der Waals surface area contributed by atoms with Gasteiger partial charge in [-0.3, -0.25) is 4.57 Å². The Labute approximate surface area is 151 Å². The second kappa shape index (κ2) is 7.14. The Morgan fingerprint density at radius 2 is 1.44 bits per heavy atom. The number of hydrogen-bond donors (Lipinski definition) is 0. The molecule has 0 saturated heterocycles. The van der Waals surface area contributed by atoms with Crippen molar-refractivity contribution in [2.24, 2.45) is 16.1 Å². The number of allylic oxidation sites excluding steroid dienone is 2. The highest BCUT2D eigenvalue weighted by Crippen LogP contribution is 2.46. The maximum Gasteiger partial charge on any atom is 0.247 e. The van der Waals surface area contributed by atoms with Gasteiger partial charge in [0.25, 0.3) is 0 Å². The van der Waals surface area contributed by atoms with Gasteiger partial charge in [0.1, 0.15) is 0 Å². The molecule has 1 atom stereocenters. The first-order chi connectivity index (χ1) is 11.9. The van der Waals surface area contributed by atoms with Gasteiger partial charge in [-0.1, -0.05) is 63.2 Å². The van der Waals surface area contributed by atoms with Crippen LogP contribution in [0.25, 0.3) is 0 Å². The van der Waals surface area contributed by atoms with E-state index in [4.69, 9.17) is 4.76 Å². The van der Waals surface area contributed by atoms with E-state index in [1.54, 1.807) is 0 Å². The van der Waals surface area contributed by atoms with Gasteiger partial charge in [0.05, 0.1) is 0 Å². The Morgan fingerprint density at radius 3 is 1.84 bits per heavy atom. The van der Waals surface area contributed by atoms with E-state index in [0.717, 1.165) is 29.2 Å². The molecule has 0 bridgehead atoms. The highest BCUT2D eigenvalue weighted by molar-refractivity contribution is 7.77. The van der Waals surface area contributed by atoms with Crippen LogP contribution in [0.15, 0.2) is 77.6 Å². The summed E-state index contributed by atoms with van der Waals surface area (Å²) in [5, 5.41) is 1.58. The monoisotopic (exact) mass is 351 g/mol. The van der Waals surface area contributed by atoms with Crippen LogP contribution in [0.2, 0.25) is 0 Å². The molecule has 25 heavy (non-hydrogen) atoms. The maximum absolute atomic E-state index is 13.9. The lowest BCUT2D eigenvalue weighted by molar-refractivity contribution is 0.279. The van der Waals surface area contributed by atoms with E-state index < -0.39 is 7.29 Å². The number of nitrogens with zero attached hydrogens (tertiary/aromatic N) is 1. The summed E-state index contributed by atoms with van der Waals surface area (Å²) in [5.74, 6) is 0.541. The van der Waals surface area contributed by atoms with Gasteiger partial charge in [-0.05, 0) is 54.5 Å². The fraction of sp³-hybridized carbons (Fsp3) is 0.318. The third-order valence-corrected chi connectivity index (χ3v) is 7.36. The fourth-order valence-corrected chi connectivity index (χ4v) is 5.43. The van der Waals surface area contributed by atoms with Crippen LogP contribution in [0.1, 0.15) is 33.6 Å². The number of benzene rings is 2. The van der Waals surface area contributed by atoms with Crippen molar-refractivity contribution in [3.63, 3.8) is 0 Å². The summed E-state index contributed by atoms with van der Waals surface area (Å²) in [6.45, 7) is 6.80. The molecule has 2 aromatic rings. The average Bonchev–Trinajstić information content (AvgIpc) is 2.63. The normalized spacial score (nSPS) is 20.0. The molecule has 0 aromatic heterocycles. The Bertz CT molecular complexity index is 773. The van der Waals surface area contributed by atoms with Gasteiger partial charge in [0.2, 0.25) is 7.29 Å². The molecule has 1 unspecified atom stereocenters. The molecule has 130 valence electrons. The molecule has 2 aromatic carbocycles. The second-order valence-corrected chi connectivity index (χ2v) is 10.1. The molecule has 0 fully saturated rings. The number of rotatable bonds is 3. The van der Waals surface area contributed by atoms with Crippen LogP contribution in [-0.2, 0) is 4.57 Å². The van der Waals surface area contributed by atoms with Crippen molar-refractivity contribution in [3.8, 4) is 0 Å². The third-order valence-electron chi connectivity index (χ3n) is 4.83. The van der Waals surface area contributed by atoms with Crippen LogP contribution in [0.4, 0.5) is 0 Å². The van der Waals surface area contributed by atoms with Crippen molar-refractivity contribution in [2.75, 3.05) is 0 Å². The summed E-state index contributed by atoms with van der Waals surface area (Å²) in [4.78, 5) is 0. The molecular weight excluding hydrogens is 325 g/mol. The van der Waals surface area contributed by atoms with E-state index in [0.29, 0.717) is 5.92 Å². The Morgan fingerprint density at radius 1 is 0.920 bits per heavy atom. The molecule has 3 rings (SSSR count). The van der Waals surface area contributed by atoms with Crippen molar-refractivity contribution >= 4 is 23.6 Å². The topological polar surface area (TPSA) is 29.4 Å². The first kappa shape index (κ1) is 17.9. The van der Waals surface area contributed by atoms with Gasteiger partial charge < -0.3 is 0 Å². The van der Waals surface area contributed by atoms with E-state index in [1.165, 1.54) is 0 Å². The van der Waals surface area contributed by atoms with Gasteiger partial charge in [0.15, 0.2) is 0 Å². The summed E-state index contributed by atoms with van der Waals surface area (Å²) in [6.07, 6.45) is 6.26. The minimum atomic E-state index is -3.02.